The lowest BCUT2D eigenvalue weighted by Crippen LogP contribution is -2.47. The van der Waals surface area contributed by atoms with Crippen molar-refractivity contribution in [1.29, 1.82) is 0 Å². The molecular weight excluding hydrogens is 372 g/mol. The third-order valence-electron chi connectivity index (χ3n) is 5.84. The average Bonchev–Trinajstić information content (AvgIpc) is 2.60. The Morgan fingerprint density at radius 3 is 1.07 bits per heavy atom. The normalized spacial score (nSPS) is 12.8. The lowest BCUT2D eigenvalue weighted by molar-refractivity contribution is 0.402. The Hall–Kier alpha value is -1.21. The van der Waals surface area contributed by atoms with Crippen LogP contribution in [0.3, 0.4) is 0 Å². The first-order valence-corrected chi connectivity index (χ1v) is 16.9. The summed E-state index contributed by atoms with van der Waals surface area (Å²) in [5, 5.41) is 3.20. The van der Waals surface area contributed by atoms with Crippen LogP contribution < -0.4 is 10.4 Å². The van der Waals surface area contributed by atoms with E-state index in [4.69, 9.17) is 0 Å². The van der Waals surface area contributed by atoms with Gasteiger partial charge < -0.3 is 9.80 Å². The topological polar surface area (TPSA) is 6.48 Å². The highest BCUT2D eigenvalue weighted by Crippen LogP contribution is 2.21. The number of rotatable bonds is 9. The molecule has 2 aromatic carbocycles. The monoisotopic (exact) mass is 412 g/mol. The van der Waals surface area contributed by atoms with Gasteiger partial charge in [0.1, 0.15) is 0 Å². The van der Waals surface area contributed by atoms with E-state index in [9.17, 15) is 0 Å². The van der Waals surface area contributed by atoms with E-state index < -0.39 is 16.1 Å². The van der Waals surface area contributed by atoms with Gasteiger partial charge in [0.15, 0.2) is 0 Å². The summed E-state index contributed by atoms with van der Waals surface area (Å²) < 4.78 is 0. The van der Waals surface area contributed by atoms with Crippen LogP contribution in [-0.4, -0.2) is 54.1 Å². The van der Waals surface area contributed by atoms with Crippen molar-refractivity contribution < 1.29 is 0 Å². The average molecular weight is 413 g/mol. The molecule has 4 heteroatoms. The van der Waals surface area contributed by atoms with E-state index >= 15 is 0 Å². The summed E-state index contributed by atoms with van der Waals surface area (Å²) in [6.45, 7) is 12.2. The molecule has 0 aliphatic carbocycles. The molecule has 0 unspecified atom stereocenters. The van der Waals surface area contributed by atoms with Crippen molar-refractivity contribution in [3.05, 3.63) is 59.7 Å². The van der Waals surface area contributed by atoms with E-state index in [0.717, 1.165) is 13.1 Å². The number of hydrogen-bond acceptors (Lipinski definition) is 2. The maximum Gasteiger partial charge on any atom is 0.0803 e. The van der Waals surface area contributed by atoms with E-state index in [1.807, 2.05) is 0 Å². The zero-order valence-electron chi connectivity index (χ0n) is 19.3. The summed E-state index contributed by atoms with van der Waals surface area (Å²) in [7, 11) is 5.72. The Morgan fingerprint density at radius 2 is 0.821 bits per heavy atom. The van der Waals surface area contributed by atoms with Crippen LogP contribution >= 0.6 is 0 Å². The minimum atomic E-state index is -1.40. The largest absolute Gasteiger partial charge is 0.305 e. The van der Waals surface area contributed by atoms with Crippen LogP contribution in [0.1, 0.15) is 11.1 Å². The highest BCUT2D eigenvalue weighted by Gasteiger charge is 2.30. The summed E-state index contributed by atoms with van der Waals surface area (Å²) >= 11 is 0. The van der Waals surface area contributed by atoms with Crippen molar-refractivity contribution in [1.82, 2.24) is 9.80 Å². The van der Waals surface area contributed by atoms with E-state index in [1.165, 1.54) is 23.2 Å². The van der Waals surface area contributed by atoms with Gasteiger partial charge in [-0.25, -0.2) is 0 Å². The molecule has 0 atom stereocenters. The van der Waals surface area contributed by atoms with Gasteiger partial charge in [0.2, 0.25) is 0 Å². The Morgan fingerprint density at radius 1 is 0.536 bits per heavy atom. The minimum absolute atomic E-state index is 1.02. The molecule has 2 rings (SSSR count). The second kappa shape index (κ2) is 9.53. The standard InChI is InChI=1S/C24H40N2Si2/c1-25(2)19-21-9-13-23(14-10-21)27(5,6)17-18-28(7,8)24-15-11-22(12-16-24)20-26(3)4/h9-16H,17-20H2,1-8H3. The molecule has 0 fully saturated rings. The van der Waals surface area contributed by atoms with Gasteiger partial charge in [0.25, 0.3) is 0 Å². The molecule has 0 N–H and O–H groups in total. The van der Waals surface area contributed by atoms with Crippen molar-refractivity contribution >= 4 is 26.5 Å². The van der Waals surface area contributed by atoms with Gasteiger partial charge in [-0.3, -0.25) is 0 Å². The number of nitrogens with zero attached hydrogens (tertiary/aromatic N) is 2. The molecule has 28 heavy (non-hydrogen) atoms. The van der Waals surface area contributed by atoms with E-state index in [2.05, 4.69) is 113 Å². The smallest absolute Gasteiger partial charge is 0.0803 e. The van der Waals surface area contributed by atoms with Gasteiger partial charge in [-0.15, -0.1) is 0 Å². The second-order valence-corrected chi connectivity index (χ2v) is 19.8. The molecular formula is C24H40N2Si2. The number of hydrogen-bond donors (Lipinski definition) is 0. The third-order valence-corrected chi connectivity index (χ3v) is 13.1. The molecule has 0 saturated carbocycles. The first kappa shape index (κ1) is 23.1. The van der Waals surface area contributed by atoms with E-state index in [-0.39, 0.29) is 0 Å². The minimum Gasteiger partial charge on any atom is -0.305 e. The van der Waals surface area contributed by atoms with Gasteiger partial charge in [0, 0.05) is 13.1 Å². The Kier molecular flexibility index (Phi) is 7.85. The van der Waals surface area contributed by atoms with E-state index in [1.54, 1.807) is 10.4 Å². The van der Waals surface area contributed by atoms with Crippen LogP contribution in [0.25, 0.3) is 0 Å². The molecule has 2 nitrogen and oxygen atoms in total. The number of benzene rings is 2. The van der Waals surface area contributed by atoms with Crippen LogP contribution in [0, 0.1) is 0 Å². The molecule has 0 aromatic heterocycles. The van der Waals surface area contributed by atoms with Gasteiger partial charge in [-0.05, 0) is 39.3 Å². The first-order chi connectivity index (χ1) is 13.0. The predicted octanol–water partition coefficient (Wildman–Crippen LogP) is 4.34. The molecule has 0 radical (unpaired) electrons. The fourth-order valence-corrected chi connectivity index (χ4v) is 11.5. The molecule has 0 aliphatic heterocycles. The highest BCUT2D eigenvalue weighted by molar-refractivity contribution is 6.94. The molecule has 0 bridgehead atoms. The van der Waals surface area contributed by atoms with Crippen LogP contribution in [0.5, 0.6) is 0 Å². The SMILES string of the molecule is CN(C)Cc1ccc([Si](C)(C)CC[Si](C)(C)c2ccc(CN(C)C)cc2)cc1. The zero-order chi connectivity index (χ0) is 20.9. The van der Waals surface area contributed by atoms with Crippen LogP contribution in [-0.2, 0) is 13.1 Å². The summed E-state index contributed by atoms with van der Waals surface area (Å²) in [6, 6.07) is 21.7. The molecule has 154 valence electrons. The Bertz CT molecular complexity index is 667. The lowest BCUT2D eigenvalue weighted by atomic mass is 10.2. The Labute approximate surface area is 175 Å². The molecule has 2 aromatic rings. The fourth-order valence-electron chi connectivity index (χ4n) is 3.77. The predicted molar refractivity (Wildman–Crippen MR) is 132 cm³/mol. The quantitative estimate of drug-likeness (QED) is 0.565. The van der Waals surface area contributed by atoms with Gasteiger partial charge in [-0.1, -0.05) is 97.2 Å². The van der Waals surface area contributed by atoms with Gasteiger partial charge >= 0.3 is 0 Å². The summed E-state index contributed by atoms with van der Waals surface area (Å²) in [4.78, 5) is 4.46. The molecule has 0 heterocycles. The molecule has 0 saturated heterocycles. The van der Waals surface area contributed by atoms with Crippen molar-refractivity contribution in [2.75, 3.05) is 28.2 Å². The van der Waals surface area contributed by atoms with Crippen molar-refractivity contribution in [3.8, 4) is 0 Å². The van der Waals surface area contributed by atoms with Gasteiger partial charge in [-0.2, -0.15) is 0 Å². The molecule has 0 aliphatic rings. The van der Waals surface area contributed by atoms with E-state index in [0.29, 0.717) is 0 Å². The summed E-state index contributed by atoms with van der Waals surface area (Å²) in [5.41, 5.74) is 2.82. The first-order valence-electron chi connectivity index (χ1n) is 10.5. The van der Waals surface area contributed by atoms with Crippen molar-refractivity contribution in [2.24, 2.45) is 0 Å². The maximum atomic E-state index is 2.54. The maximum absolute atomic E-state index is 2.54. The van der Waals surface area contributed by atoms with Gasteiger partial charge in [0.05, 0.1) is 16.1 Å². The fraction of sp³-hybridized carbons (Fsp3) is 0.500. The lowest BCUT2D eigenvalue weighted by Gasteiger charge is -2.30. The summed E-state index contributed by atoms with van der Waals surface area (Å²) in [6.07, 6.45) is 0. The third kappa shape index (κ3) is 6.69. The molecule has 0 spiro atoms. The highest BCUT2D eigenvalue weighted by atomic mass is 28.3. The summed E-state index contributed by atoms with van der Waals surface area (Å²) in [5.74, 6) is 0. The van der Waals surface area contributed by atoms with Crippen molar-refractivity contribution in [2.45, 2.75) is 51.4 Å². The van der Waals surface area contributed by atoms with Crippen LogP contribution in [0.4, 0.5) is 0 Å². The zero-order valence-corrected chi connectivity index (χ0v) is 21.3. The van der Waals surface area contributed by atoms with Crippen LogP contribution in [0.2, 0.25) is 38.3 Å². The Balaban J connectivity index is 2.03. The second-order valence-electron chi connectivity index (χ2n) is 10.1. The van der Waals surface area contributed by atoms with Crippen LogP contribution in [0.15, 0.2) is 48.5 Å². The van der Waals surface area contributed by atoms with Crippen molar-refractivity contribution in [3.63, 3.8) is 0 Å². The molecule has 0 amide bonds.